The van der Waals surface area contributed by atoms with Gasteiger partial charge in [-0.05, 0) is 44.7 Å². The van der Waals surface area contributed by atoms with Crippen molar-refractivity contribution >= 4 is 17.7 Å². The van der Waals surface area contributed by atoms with Crippen molar-refractivity contribution in [2.45, 2.75) is 53.2 Å². The molecule has 1 aromatic carbocycles. The molecule has 122 valence electrons. The summed E-state index contributed by atoms with van der Waals surface area (Å²) in [6, 6.07) is 6.92. The number of carbonyl (C=O) groups is 2. The van der Waals surface area contributed by atoms with Crippen LogP contribution in [0.1, 0.15) is 39.7 Å². The third-order valence-electron chi connectivity index (χ3n) is 3.06. The smallest absolute Gasteiger partial charge is 0.408 e. The average Bonchev–Trinajstić information content (AvgIpc) is 2.39. The molecule has 22 heavy (non-hydrogen) atoms. The molecule has 0 saturated carbocycles. The Kier molecular flexibility index (Phi) is 6.89. The minimum Gasteiger partial charge on any atom is -0.447 e. The molecule has 1 aromatic rings. The first-order valence-corrected chi connectivity index (χ1v) is 7.63. The first-order chi connectivity index (χ1) is 10.3. The highest BCUT2D eigenvalue weighted by Gasteiger charge is 2.23. The van der Waals surface area contributed by atoms with Gasteiger partial charge in [-0.3, -0.25) is 4.79 Å². The van der Waals surface area contributed by atoms with E-state index in [4.69, 9.17) is 4.74 Å². The van der Waals surface area contributed by atoms with Crippen LogP contribution in [0.4, 0.5) is 10.5 Å². The zero-order chi connectivity index (χ0) is 16.7. The first-order valence-electron chi connectivity index (χ1n) is 7.63. The number of ether oxygens (including phenoxy) is 1. The number of nitrogens with one attached hydrogen (secondary N) is 2. The van der Waals surface area contributed by atoms with Crippen molar-refractivity contribution in [3.8, 4) is 0 Å². The van der Waals surface area contributed by atoms with Gasteiger partial charge in [0.25, 0.3) is 0 Å². The fraction of sp³-hybridized carbons (Fsp3) is 0.529. The van der Waals surface area contributed by atoms with Gasteiger partial charge in [-0.1, -0.05) is 32.0 Å². The maximum absolute atomic E-state index is 12.4. The molecule has 0 fully saturated rings. The summed E-state index contributed by atoms with van der Waals surface area (Å²) in [6.45, 7) is 9.47. The highest BCUT2D eigenvalue weighted by molar-refractivity contribution is 5.97. The highest BCUT2D eigenvalue weighted by atomic mass is 16.6. The molecule has 0 bridgehead atoms. The van der Waals surface area contributed by atoms with Crippen LogP contribution >= 0.6 is 0 Å². The summed E-state index contributed by atoms with van der Waals surface area (Å²) in [6.07, 6.45) is -0.245. The summed E-state index contributed by atoms with van der Waals surface area (Å²) in [5.74, 6) is 0.0377. The molecule has 0 radical (unpaired) electrons. The van der Waals surface area contributed by atoms with Gasteiger partial charge in [0, 0.05) is 5.69 Å². The lowest BCUT2D eigenvalue weighted by molar-refractivity contribution is -0.118. The van der Waals surface area contributed by atoms with Crippen molar-refractivity contribution in [3.05, 3.63) is 29.8 Å². The molecule has 1 unspecified atom stereocenters. The number of para-hydroxylation sites is 1. The van der Waals surface area contributed by atoms with Crippen LogP contribution in [0.5, 0.6) is 0 Å². The lowest BCUT2D eigenvalue weighted by atomic mass is 10.0. The van der Waals surface area contributed by atoms with Gasteiger partial charge < -0.3 is 15.4 Å². The Hall–Kier alpha value is -2.04. The summed E-state index contributed by atoms with van der Waals surface area (Å²) in [4.78, 5) is 24.2. The second-order valence-corrected chi connectivity index (χ2v) is 6.08. The highest BCUT2D eigenvalue weighted by Crippen LogP contribution is 2.15. The van der Waals surface area contributed by atoms with Crippen LogP contribution < -0.4 is 10.6 Å². The van der Waals surface area contributed by atoms with Crippen molar-refractivity contribution in [1.29, 1.82) is 0 Å². The van der Waals surface area contributed by atoms with Gasteiger partial charge in [-0.2, -0.15) is 0 Å². The number of rotatable bonds is 6. The molecule has 2 N–H and O–H groups in total. The van der Waals surface area contributed by atoms with Crippen LogP contribution in [0.2, 0.25) is 0 Å². The topological polar surface area (TPSA) is 67.4 Å². The Morgan fingerprint density at radius 1 is 1.14 bits per heavy atom. The van der Waals surface area contributed by atoms with Crippen LogP contribution in [0.3, 0.4) is 0 Å². The molecule has 1 atom stereocenters. The number of carbonyl (C=O) groups excluding carboxylic acids is 2. The van der Waals surface area contributed by atoms with Gasteiger partial charge in [-0.25, -0.2) is 4.79 Å². The van der Waals surface area contributed by atoms with Crippen molar-refractivity contribution in [3.63, 3.8) is 0 Å². The number of hydrogen-bond donors (Lipinski definition) is 2. The first kappa shape index (κ1) is 18.0. The van der Waals surface area contributed by atoms with Crippen LogP contribution in [-0.2, 0) is 9.53 Å². The second kappa shape index (κ2) is 8.41. The largest absolute Gasteiger partial charge is 0.447 e. The summed E-state index contributed by atoms with van der Waals surface area (Å²) >= 11 is 0. The van der Waals surface area contributed by atoms with Gasteiger partial charge in [0.1, 0.15) is 6.04 Å². The van der Waals surface area contributed by atoms with E-state index in [1.165, 1.54) is 0 Å². The Morgan fingerprint density at radius 2 is 1.77 bits per heavy atom. The van der Waals surface area contributed by atoms with Crippen molar-refractivity contribution in [2.75, 3.05) is 5.32 Å². The van der Waals surface area contributed by atoms with Crippen LogP contribution in [0.25, 0.3) is 0 Å². The molecule has 0 heterocycles. The molecule has 5 heteroatoms. The van der Waals surface area contributed by atoms with E-state index < -0.39 is 12.1 Å². The van der Waals surface area contributed by atoms with Crippen LogP contribution in [0.15, 0.2) is 24.3 Å². The average molecular weight is 306 g/mol. The van der Waals surface area contributed by atoms with E-state index in [0.29, 0.717) is 6.42 Å². The zero-order valence-electron chi connectivity index (χ0n) is 14.0. The van der Waals surface area contributed by atoms with Crippen molar-refractivity contribution in [1.82, 2.24) is 5.32 Å². The Bertz CT molecular complexity index is 512. The molecule has 0 aliphatic rings. The van der Waals surface area contributed by atoms with E-state index in [0.717, 1.165) is 11.3 Å². The number of aryl methyl sites for hydroxylation is 1. The fourth-order valence-corrected chi connectivity index (χ4v) is 2.03. The summed E-state index contributed by atoms with van der Waals surface area (Å²) < 4.78 is 5.06. The second-order valence-electron chi connectivity index (χ2n) is 6.08. The Labute approximate surface area is 132 Å². The summed E-state index contributed by atoms with van der Waals surface area (Å²) in [5, 5.41) is 5.51. The monoisotopic (exact) mass is 306 g/mol. The maximum Gasteiger partial charge on any atom is 0.408 e. The van der Waals surface area contributed by atoms with Crippen molar-refractivity contribution in [2.24, 2.45) is 5.92 Å². The minimum absolute atomic E-state index is 0.223. The predicted octanol–water partition coefficient (Wildman–Crippen LogP) is 3.48. The number of benzene rings is 1. The van der Waals surface area contributed by atoms with Crippen molar-refractivity contribution < 1.29 is 14.3 Å². The number of anilines is 1. The zero-order valence-corrected chi connectivity index (χ0v) is 14.0. The van der Waals surface area contributed by atoms with Gasteiger partial charge in [0.05, 0.1) is 6.10 Å². The van der Waals surface area contributed by atoms with E-state index in [-0.39, 0.29) is 17.9 Å². The quantitative estimate of drug-likeness (QED) is 0.845. The molecule has 0 aliphatic heterocycles. The summed E-state index contributed by atoms with van der Waals surface area (Å²) in [5.41, 5.74) is 1.73. The molecule has 0 saturated heterocycles. The van der Waals surface area contributed by atoms with E-state index in [9.17, 15) is 9.59 Å². The molecule has 5 nitrogen and oxygen atoms in total. The van der Waals surface area contributed by atoms with Gasteiger partial charge in [0.15, 0.2) is 0 Å². The van der Waals surface area contributed by atoms with Crippen LogP contribution in [-0.4, -0.2) is 24.1 Å². The molecule has 2 amide bonds. The maximum atomic E-state index is 12.4. The van der Waals surface area contributed by atoms with Gasteiger partial charge in [0.2, 0.25) is 5.91 Å². The lowest BCUT2D eigenvalue weighted by Gasteiger charge is -2.21. The molecule has 0 aliphatic carbocycles. The van der Waals surface area contributed by atoms with Gasteiger partial charge >= 0.3 is 6.09 Å². The van der Waals surface area contributed by atoms with E-state index in [1.54, 1.807) is 13.8 Å². The minimum atomic E-state index is -0.620. The van der Waals surface area contributed by atoms with E-state index in [2.05, 4.69) is 10.6 Å². The van der Waals surface area contributed by atoms with Gasteiger partial charge in [-0.15, -0.1) is 0 Å². The fourth-order valence-electron chi connectivity index (χ4n) is 2.03. The van der Waals surface area contributed by atoms with E-state index >= 15 is 0 Å². The molecule has 0 aromatic heterocycles. The standard InChI is InChI=1S/C17H26N2O3/c1-11(2)10-15(19-17(21)22-12(3)4)16(20)18-14-9-7-6-8-13(14)5/h6-9,11-12,15H,10H2,1-5H3,(H,18,20)(H,19,21). The number of alkyl carbamates (subject to hydrolysis) is 1. The normalized spacial score (nSPS) is 12.1. The summed E-state index contributed by atoms with van der Waals surface area (Å²) in [7, 11) is 0. The Morgan fingerprint density at radius 3 is 2.32 bits per heavy atom. The Balaban J connectivity index is 2.76. The van der Waals surface area contributed by atoms with Crippen LogP contribution in [0, 0.1) is 12.8 Å². The predicted molar refractivity (Wildman–Crippen MR) is 87.8 cm³/mol. The number of hydrogen-bond acceptors (Lipinski definition) is 3. The third-order valence-corrected chi connectivity index (χ3v) is 3.06. The molecule has 0 spiro atoms. The van der Waals surface area contributed by atoms with E-state index in [1.807, 2.05) is 45.0 Å². The molecular formula is C17H26N2O3. The lowest BCUT2D eigenvalue weighted by Crippen LogP contribution is -2.45. The SMILES string of the molecule is Cc1ccccc1NC(=O)C(CC(C)C)NC(=O)OC(C)C. The third kappa shape index (κ3) is 6.16. The molecule has 1 rings (SSSR count). The molecular weight excluding hydrogens is 280 g/mol. The number of amides is 2.